The molecule has 0 aromatic heterocycles. The normalized spacial score (nSPS) is 10.4. The Morgan fingerprint density at radius 2 is 1.89 bits per heavy atom. The first-order valence-corrected chi connectivity index (χ1v) is 7.08. The number of ether oxygens (including phenoxy) is 1. The van der Waals surface area contributed by atoms with Crippen molar-refractivity contribution in [1.29, 1.82) is 0 Å². The van der Waals surface area contributed by atoms with Gasteiger partial charge in [-0.25, -0.2) is 0 Å². The molecule has 2 aromatic carbocycles. The van der Waals surface area contributed by atoms with Crippen molar-refractivity contribution in [3.8, 4) is 5.75 Å². The van der Waals surface area contributed by atoms with E-state index in [0.29, 0.717) is 6.61 Å². The van der Waals surface area contributed by atoms with Crippen LogP contribution >= 0.6 is 31.9 Å². The fraction of sp³-hybridized carbons (Fsp3) is 0.143. The van der Waals surface area contributed by atoms with Crippen LogP contribution < -0.4 is 10.5 Å². The monoisotopic (exact) mass is 369 g/mol. The molecule has 0 saturated heterocycles. The second-order valence-electron chi connectivity index (χ2n) is 4.01. The molecule has 2 N–H and O–H groups in total. The lowest BCUT2D eigenvalue weighted by molar-refractivity contribution is 0.306. The van der Waals surface area contributed by atoms with E-state index in [-0.39, 0.29) is 0 Å². The fourth-order valence-corrected chi connectivity index (χ4v) is 2.33. The summed E-state index contributed by atoms with van der Waals surface area (Å²) in [4.78, 5) is 0. The van der Waals surface area contributed by atoms with Gasteiger partial charge in [0.1, 0.15) is 12.4 Å². The Bertz CT molecular complexity index is 549. The Morgan fingerprint density at radius 3 is 2.56 bits per heavy atom. The average Bonchev–Trinajstić information content (AvgIpc) is 2.33. The molecule has 0 atom stereocenters. The molecule has 0 radical (unpaired) electrons. The van der Waals surface area contributed by atoms with Gasteiger partial charge in [0, 0.05) is 20.2 Å². The predicted octanol–water partition coefficient (Wildman–Crippen LogP) is 4.68. The minimum atomic E-state index is 0.453. The van der Waals surface area contributed by atoms with E-state index in [9.17, 15) is 0 Å². The van der Waals surface area contributed by atoms with Crippen molar-refractivity contribution in [1.82, 2.24) is 0 Å². The molecule has 0 heterocycles. The molecular formula is C14H13Br2NO. The second kappa shape index (κ2) is 5.76. The summed E-state index contributed by atoms with van der Waals surface area (Å²) in [5.74, 6) is 0.839. The minimum absolute atomic E-state index is 0.453. The number of nitrogen functional groups attached to an aromatic ring is 1. The van der Waals surface area contributed by atoms with Gasteiger partial charge in [0.15, 0.2) is 0 Å². The number of benzene rings is 2. The summed E-state index contributed by atoms with van der Waals surface area (Å²) < 4.78 is 7.81. The highest BCUT2D eigenvalue weighted by Gasteiger charge is 2.05. The predicted molar refractivity (Wildman–Crippen MR) is 81.8 cm³/mol. The SMILES string of the molecule is Cc1cc(OCc2c(N)cccc2Br)ccc1Br. The molecule has 0 aliphatic rings. The van der Waals surface area contributed by atoms with Gasteiger partial charge < -0.3 is 10.5 Å². The summed E-state index contributed by atoms with van der Waals surface area (Å²) in [5.41, 5.74) is 8.77. The summed E-state index contributed by atoms with van der Waals surface area (Å²) in [7, 11) is 0. The molecule has 0 unspecified atom stereocenters. The fourth-order valence-electron chi connectivity index (χ4n) is 1.59. The Morgan fingerprint density at radius 1 is 1.11 bits per heavy atom. The van der Waals surface area contributed by atoms with Crippen molar-refractivity contribution >= 4 is 37.5 Å². The van der Waals surface area contributed by atoms with Crippen molar-refractivity contribution in [2.24, 2.45) is 0 Å². The van der Waals surface area contributed by atoms with Gasteiger partial charge in [-0.05, 0) is 42.8 Å². The Kier molecular flexibility index (Phi) is 4.30. The standard InChI is InChI=1S/C14H13Br2NO/c1-9-7-10(5-6-12(9)15)18-8-11-13(16)3-2-4-14(11)17/h2-7H,8,17H2,1H3. The quantitative estimate of drug-likeness (QED) is 0.796. The number of hydrogen-bond acceptors (Lipinski definition) is 2. The highest BCUT2D eigenvalue weighted by molar-refractivity contribution is 9.10. The van der Waals surface area contributed by atoms with E-state index in [1.165, 1.54) is 0 Å². The van der Waals surface area contributed by atoms with Gasteiger partial charge in [-0.2, -0.15) is 0 Å². The summed E-state index contributed by atoms with van der Waals surface area (Å²) in [6.45, 7) is 2.48. The molecule has 0 saturated carbocycles. The Hall–Kier alpha value is -1.000. The molecular weight excluding hydrogens is 358 g/mol. The summed E-state index contributed by atoms with van der Waals surface area (Å²) in [6, 6.07) is 11.7. The van der Waals surface area contributed by atoms with Gasteiger partial charge in [0.25, 0.3) is 0 Å². The van der Waals surface area contributed by atoms with Crippen LogP contribution in [0.3, 0.4) is 0 Å². The van der Waals surface area contributed by atoms with Crippen LogP contribution in [0.1, 0.15) is 11.1 Å². The molecule has 4 heteroatoms. The van der Waals surface area contributed by atoms with Crippen molar-refractivity contribution in [2.45, 2.75) is 13.5 Å². The maximum absolute atomic E-state index is 5.92. The molecule has 2 rings (SSSR count). The molecule has 2 aromatic rings. The zero-order valence-corrected chi connectivity index (χ0v) is 13.1. The molecule has 18 heavy (non-hydrogen) atoms. The largest absolute Gasteiger partial charge is 0.489 e. The van der Waals surface area contributed by atoms with Crippen LogP contribution in [0.15, 0.2) is 45.3 Å². The third-order valence-electron chi connectivity index (χ3n) is 2.67. The number of nitrogens with two attached hydrogens (primary N) is 1. The van der Waals surface area contributed by atoms with Crippen LogP contribution in [0.5, 0.6) is 5.75 Å². The topological polar surface area (TPSA) is 35.2 Å². The highest BCUT2D eigenvalue weighted by atomic mass is 79.9. The summed E-state index contributed by atoms with van der Waals surface area (Å²) in [6.07, 6.45) is 0. The summed E-state index contributed by atoms with van der Waals surface area (Å²) in [5, 5.41) is 0. The maximum Gasteiger partial charge on any atom is 0.120 e. The first-order chi connectivity index (χ1) is 8.58. The van der Waals surface area contributed by atoms with Crippen molar-refractivity contribution in [2.75, 3.05) is 5.73 Å². The zero-order valence-electron chi connectivity index (χ0n) is 9.91. The lowest BCUT2D eigenvalue weighted by atomic mass is 10.2. The van der Waals surface area contributed by atoms with Gasteiger partial charge in [-0.3, -0.25) is 0 Å². The molecule has 0 aliphatic carbocycles. The number of rotatable bonds is 3. The smallest absolute Gasteiger partial charge is 0.120 e. The van der Waals surface area contributed by atoms with Crippen LogP contribution in [-0.2, 0) is 6.61 Å². The van der Waals surface area contributed by atoms with E-state index in [1.54, 1.807) is 0 Å². The Labute approximate surface area is 123 Å². The van der Waals surface area contributed by atoms with Crippen LogP contribution in [-0.4, -0.2) is 0 Å². The highest BCUT2D eigenvalue weighted by Crippen LogP contribution is 2.26. The van der Waals surface area contributed by atoms with Gasteiger partial charge in [0.2, 0.25) is 0 Å². The van der Waals surface area contributed by atoms with E-state index in [0.717, 1.165) is 31.5 Å². The second-order valence-corrected chi connectivity index (χ2v) is 5.72. The van der Waals surface area contributed by atoms with Crippen LogP contribution in [0.4, 0.5) is 5.69 Å². The first-order valence-electron chi connectivity index (χ1n) is 5.50. The van der Waals surface area contributed by atoms with Crippen molar-refractivity contribution < 1.29 is 4.74 Å². The van der Waals surface area contributed by atoms with Gasteiger partial charge in [-0.15, -0.1) is 0 Å². The molecule has 0 spiro atoms. The van der Waals surface area contributed by atoms with Gasteiger partial charge >= 0.3 is 0 Å². The molecule has 94 valence electrons. The van der Waals surface area contributed by atoms with Gasteiger partial charge in [0.05, 0.1) is 0 Å². The van der Waals surface area contributed by atoms with Crippen molar-refractivity contribution in [3.63, 3.8) is 0 Å². The Balaban J connectivity index is 2.14. The van der Waals surface area contributed by atoms with Gasteiger partial charge in [-0.1, -0.05) is 37.9 Å². The molecule has 0 aliphatic heterocycles. The number of anilines is 1. The van der Waals surface area contributed by atoms with Crippen molar-refractivity contribution in [3.05, 3.63) is 56.5 Å². The van der Waals surface area contributed by atoms with E-state index in [4.69, 9.17) is 10.5 Å². The number of aryl methyl sites for hydroxylation is 1. The lowest BCUT2D eigenvalue weighted by Gasteiger charge is -2.11. The maximum atomic E-state index is 5.92. The number of hydrogen-bond donors (Lipinski definition) is 1. The van der Waals surface area contributed by atoms with E-state index in [2.05, 4.69) is 31.9 Å². The summed E-state index contributed by atoms with van der Waals surface area (Å²) >= 11 is 6.94. The lowest BCUT2D eigenvalue weighted by Crippen LogP contribution is -2.01. The minimum Gasteiger partial charge on any atom is -0.489 e. The van der Waals surface area contributed by atoms with Crippen LogP contribution in [0.25, 0.3) is 0 Å². The third kappa shape index (κ3) is 3.06. The molecule has 2 nitrogen and oxygen atoms in total. The zero-order chi connectivity index (χ0) is 13.1. The van der Waals surface area contributed by atoms with Crippen LogP contribution in [0, 0.1) is 6.92 Å². The number of halogens is 2. The van der Waals surface area contributed by atoms with E-state index >= 15 is 0 Å². The molecule has 0 bridgehead atoms. The average molecular weight is 371 g/mol. The molecule has 0 amide bonds. The van der Waals surface area contributed by atoms with E-state index < -0.39 is 0 Å². The first kappa shape index (κ1) is 13.4. The third-order valence-corrected chi connectivity index (χ3v) is 4.30. The van der Waals surface area contributed by atoms with E-state index in [1.807, 2.05) is 43.3 Å². The molecule has 0 fully saturated rings. The van der Waals surface area contributed by atoms with Crippen LogP contribution in [0.2, 0.25) is 0 Å².